The van der Waals surface area contributed by atoms with Crippen LogP contribution in [0.1, 0.15) is 37.8 Å². The van der Waals surface area contributed by atoms with Gasteiger partial charge in [0, 0.05) is 24.7 Å². The molecule has 2 atom stereocenters. The third-order valence-corrected chi connectivity index (χ3v) is 5.05. The number of amides is 1. The largest absolute Gasteiger partial charge is 0.497 e. The zero-order chi connectivity index (χ0) is 20.1. The normalized spacial score (nSPS) is 22.2. The number of hydrogen-bond acceptors (Lipinski definition) is 7. The number of aliphatic imine (C=N–C) groups is 1. The fraction of sp³-hybridized carbons (Fsp3) is 0.550. The van der Waals surface area contributed by atoms with E-state index in [-0.39, 0.29) is 6.61 Å². The van der Waals surface area contributed by atoms with Crippen molar-refractivity contribution >= 4 is 17.8 Å². The van der Waals surface area contributed by atoms with Crippen LogP contribution in [0.2, 0.25) is 0 Å². The summed E-state index contributed by atoms with van der Waals surface area (Å²) >= 11 is 0. The maximum absolute atomic E-state index is 12.9. The van der Waals surface area contributed by atoms with E-state index >= 15 is 0 Å². The highest BCUT2D eigenvalue weighted by Gasteiger charge is 2.43. The van der Waals surface area contributed by atoms with Gasteiger partial charge in [0.2, 0.25) is 11.9 Å². The molecule has 2 aliphatic heterocycles. The summed E-state index contributed by atoms with van der Waals surface area (Å²) in [6, 6.07) is 4.54. The van der Waals surface area contributed by atoms with Gasteiger partial charge in [0.05, 0.1) is 20.8 Å². The first-order chi connectivity index (χ1) is 13.6. The van der Waals surface area contributed by atoms with E-state index in [0.29, 0.717) is 23.0 Å². The number of nitrogens with zero attached hydrogens (tertiary/aromatic N) is 2. The molecule has 1 aromatic carbocycles. The number of nitrogens with one attached hydrogen (secondary N) is 1. The Balaban J connectivity index is 2.04. The minimum atomic E-state index is -1.07. The highest BCUT2D eigenvalue weighted by atomic mass is 16.5. The molecule has 0 aromatic heterocycles. The first kappa shape index (κ1) is 20.0. The van der Waals surface area contributed by atoms with Gasteiger partial charge in [0.25, 0.3) is 0 Å². The van der Waals surface area contributed by atoms with E-state index in [9.17, 15) is 9.59 Å². The van der Waals surface area contributed by atoms with Gasteiger partial charge < -0.3 is 19.1 Å². The summed E-state index contributed by atoms with van der Waals surface area (Å²) in [7, 11) is 3.10. The highest BCUT2D eigenvalue weighted by Crippen LogP contribution is 2.38. The summed E-state index contributed by atoms with van der Waals surface area (Å²) in [5.41, 5.74) is 0.644. The maximum atomic E-state index is 12.9. The third kappa shape index (κ3) is 4.05. The molecule has 1 fully saturated rings. The number of ether oxygens (including phenoxy) is 3. The van der Waals surface area contributed by atoms with Crippen LogP contribution in [0, 0.1) is 5.92 Å². The molecule has 0 spiro atoms. The van der Waals surface area contributed by atoms with Crippen LogP contribution in [0.3, 0.4) is 0 Å². The highest BCUT2D eigenvalue weighted by molar-refractivity contribution is 6.08. The summed E-state index contributed by atoms with van der Waals surface area (Å²) in [4.78, 5) is 32.3. The Morgan fingerprint density at radius 2 is 1.96 bits per heavy atom. The Kier molecular flexibility index (Phi) is 6.38. The topological polar surface area (TPSA) is 89.5 Å². The fourth-order valence-electron chi connectivity index (χ4n) is 3.62. The van der Waals surface area contributed by atoms with E-state index < -0.39 is 23.8 Å². The number of guanidine groups is 1. The minimum absolute atomic E-state index is 0.192. The number of esters is 1. The molecule has 28 heavy (non-hydrogen) atoms. The average molecular weight is 389 g/mol. The van der Waals surface area contributed by atoms with Gasteiger partial charge in [-0.1, -0.05) is 0 Å². The molecule has 1 N–H and O–H groups in total. The zero-order valence-corrected chi connectivity index (χ0v) is 16.6. The van der Waals surface area contributed by atoms with Crippen LogP contribution in [0.4, 0.5) is 0 Å². The molecule has 0 unspecified atom stereocenters. The molecule has 0 radical (unpaired) electrons. The number of likely N-dealkylation sites (tertiary alicyclic amines) is 1. The van der Waals surface area contributed by atoms with E-state index in [2.05, 4.69) is 10.2 Å². The Hall–Kier alpha value is -2.77. The molecule has 0 bridgehead atoms. The number of hydrogen-bond donors (Lipinski definition) is 1. The Morgan fingerprint density at radius 1 is 1.21 bits per heavy atom. The van der Waals surface area contributed by atoms with Crippen LogP contribution in [0.25, 0.3) is 0 Å². The van der Waals surface area contributed by atoms with Crippen LogP contribution < -0.4 is 14.8 Å². The second kappa shape index (κ2) is 8.95. The number of piperidine rings is 1. The fourth-order valence-corrected chi connectivity index (χ4v) is 3.62. The molecular weight excluding hydrogens is 362 g/mol. The Labute approximate surface area is 164 Å². The van der Waals surface area contributed by atoms with Crippen molar-refractivity contribution in [3.05, 3.63) is 23.8 Å². The average Bonchev–Trinajstić information content (AvgIpc) is 2.73. The molecule has 1 saturated heterocycles. The lowest BCUT2D eigenvalue weighted by atomic mass is 9.90. The van der Waals surface area contributed by atoms with Gasteiger partial charge in [-0.2, -0.15) is 0 Å². The SMILES string of the molecule is CCOC(=O)[C@H]1C(=O)NC(N2CCCCC2)=N[C@H]1c1ccc(OC)cc1OC. The quantitative estimate of drug-likeness (QED) is 0.611. The van der Waals surface area contributed by atoms with Crippen LogP contribution >= 0.6 is 0 Å². The first-order valence-electron chi connectivity index (χ1n) is 9.61. The molecule has 152 valence electrons. The van der Waals surface area contributed by atoms with Crippen molar-refractivity contribution in [1.82, 2.24) is 10.2 Å². The maximum Gasteiger partial charge on any atom is 0.321 e. The van der Waals surface area contributed by atoms with Crippen molar-refractivity contribution < 1.29 is 23.8 Å². The predicted molar refractivity (Wildman–Crippen MR) is 103 cm³/mol. The smallest absolute Gasteiger partial charge is 0.321 e. The first-order valence-corrected chi connectivity index (χ1v) is 9.61. The molecule has 8 nitrogen and oxygen atoms in total. The zero-order valence-electron chi connectivity index (χ0n) is 16.6. The van der Waals surface area contributed by atoms with Crippen molar-refractivity contribution in [3.8, 4) is 11.5 Å². The lowest BCUT2D eigenvalue weighted by molar-refractivity contribution is -0.153. The molecule has 8 heteroatoms. The summed E-state index contributed by atoms with van der Waals surface area (Å²) in [6.45, 7) is 3.56. The predicted octanol–water partition coefficient (Wildman–Crippen LogP) is 1.90. The Morgan fingerprint density at radius 3 is 2.61 bits per heavy atom. The number of carbonyl (C=O) groups is 2. The van der Waals surface area contributed by atoms with Crippen molar-refractivity contribution in [2.24, 2.45) is 10.9 Å². The van der Waals surface area contributed by atoms with E-state index in [4.69, 9.17) is 19.2 Å². The van der Waals surface area contributed by atoms with Crippen LogP contribution in [-0.2, 0) is 14.3 Å². The number of carbonyl (C=O) groups excluding carboxylic acids is 2. The second-order valence-corrected chi connectivity index (χ2v) is 6.77. The van der Waals surface area contributed by atoms with E-state index in [1.165, 1.54) is 13.5 Å². The van der Waals surface area contributed by atoms with E-state index in [0.717, 1.165) is 25.9 Å². The van der Waals surface area contributed by atoms with E-state index in [1.807, 2.05) is 0 Å². The number of benzene rings is 1. The van der Waals surface area contributed by atoms with Crippen LogP contribution in [0.5, 0.6) is 11.5 Å². The van der Waals surface area contributed by atoms with Crippen molar-refractivity contribution in [2.75, 3.05) is 33.9 Å². The molecule has 1 aromatic rings. The molecule has 3 rings (SSSR count). The molecule has 0 aliphatic carbocycles. The van der Waals surface area contributed by atoms with E-state index in [1.54, 1.807) is 32.2 Å². The lowest BCUT2D eigenvalue weighted by Gasteiger charge is -2.35. The molecule has 1 amide bonds. The third-order valence-electron chi connectivity index (χ3n) is 5.05. The molecule has 2 aliphatic rings. The lowest BCUT2D eigenvalue weighted by Crippen LogP contribution is -2.53. The monoisotopic (exact) mass is 389 g/mol. The van der Waals surface area contributed by atoms with Gasteiger partial charge in [-0.25, -0.2) is 4.99 Å². The molecule has 2 heterocycles. The van der Waals surface area contributed by atoms with Crippen molar-refractivity contribution in [1.29, 1.82) is 0 Å². The van der Waals surface area contributed by atoms with Gasteiger partial charge in [-0.05, 0) is 38.3 Å². The summed E-state index contributed by atoms with van der Waals surface area (Å²) in [6.07, 6.45) is 3.26. The second-order valence-electron chi connectivity index (χ2n) is 6.77. The molecular formula is C20H27N3O5. The minimum Gasteiger partial charge on any atom is -0.497 e. The molecule has 0 saturated carbocycles. The summed E-state index contributed by atoms with van der Waals surface area (Å²) < 4.78 is 15.9. The number of methoxy groups -OCH3 is 2. The number of rotatable bonds is 5. The standard InChI is InChI=1S/C20H27N3O5/c1-4-28-19(25)16-17(14-9-8-13(26-2)12-15(14)27-3)21-20(22-18(16)24)23-10-6-5-7-11-23/h8-9,12,16-17H,4-7,10-11H2,1-3H3,(H,21,22,24)/t16-,17+/m1/s1. The summed E-state index contributed by atoms with van der Waals surface area (Å²) in [5, 5.41) is 2.81. The van der Waals surface area contributed by atoms with Gasteiger partial charge in [0.15, 0.2) is 5.92 Å². The summed E-state index contributed by atoms with van der Waals surface area (Å²) in [5.74, 6) is -0.436. The van der Waals surface area contributed by atoms with Gasteiger partial charge in [-0.3, -0.25) is 14.9 Å². The van der Waals surface area contributed by atoms with Gasteiger partial charge in [-0.15, -0.1) is 0 Å². The van der Waals surface area contributed by atoms with Crippen molar-refractivity contribution in [2.45, 2.75) is 32.2 Å². The van der Waals surface area contributed by atoms with Crippen LogP contribution in [-0.4, -0.2) is 56.7 Å². The van der Waals surface area contributed by atoms with Gasteiger partial charge in [0.1, 0.15) is 17.5 Å². The van der Waals surface area contributed by atoms with Crippen LogP contribution in [0.15, 0.2) is 23.2 Å². The van der Waals surface area contributed by atoms with Gasteiger partial charge >= 0.3 is 5.97 Å². The van der Waals surface area contributed by atoms with Crippen molar-refractivity contribution in [3.63, 3.8) is 0 Å². The Bertz CT molecular complexity index is 758.